The van der Waals surface area contributed by atoms with Crippen LogP contribution in [0.5, 0.6) is 0 Å². The predicted molar refractivity (Wildman–Crippen MR) is 128 cm³/mol. The van der Waals surface area contributed by atoms with Gasteiger partial charge in [-0.1, -0.05) is 12.1 Å². The van der Waals surface area contributed by atoms with E-state index in [4.69, 9.17) is 5.73 Å². The van der Waals surface area contributed by atoms with Gasteiger partial charge < -0.3 is 16.0 Å². The lowest BCUT2D eigenvalue weighted by atomic mass is 10.1. The number of amides is 1. The average molecular weight is 460 g/mol. The Kier molecular flexibility index (Phi) is 10.1. The first-order valence-corrected chi connectivity index (χ1v) is 9.42. The number of piperazine rings is 1. The maximum Gasteiger partial charge on any atom is 0.255 e. The molecule has 0 bridgehead atoms. The SMILES string of the molecule is Cl.Cl.Cl.Nc1cccc(C(=O)Nc2cccc(N3CCN(CC4CC4)CC3)c2)c1. The molecule has 5 nitrogen and oxygen atoms in total. The summed E-state index contributed by atoms with van der Waals surface area (Å²) < 4.78 is 0. The zero-order chi connectivity index (χ0) is 17.9. The van der Waals surface area contributed by atoms with Crippen LogP contribution in [0, 0.1) is 5.92 Å². The largest absolute Gasteiger partial charge is 0.399 e. The number of halogens is 3. The second-order valence-electron chi connectivity index (χ2n) is 7.36. The maximum atomic E-state index is 12.4. The molecule has 160 valence electrons. The molecule has 8 heteroatoms. The quantitative estimate of drug-likeness (QED) is 0.654. The Morgan fingerprint density at radius 3 is 2.31 bits per heavy atom. The Balaban J connectivity index is 0.00000140. The number of nitrogen functional groups attached to an aromatic ring is 1. The summed E-state index contributed by atoms with van der Waals surface area (Å²) in [5.74, 6) is 0.816. The first kappa shape index (κ1) is 25.4. The molecule has 1 aliphatic heterocycles. The summed E-state index contributed by atoms with van der Waals surface area (Å²) in [5.41, 5.74) is 8.92. The number of carbonyl (C=O) groups is 1. The Morgan fingerprint density at radius 1 is 0.966 bits per heavy atom. The first-order chi connectivity index (χ1) is 12.7. The first-order valence-electron chi connectivity index (χ1n) is 9.42. The third-order valence-corrected chi connectivity index (χ3v) is 5.20. The highest BCUT2D eigenvalue weighted by atomic mass is 35.5. The fraction of sp³-hybridized carbons (Fsp3) is 0.381. The molecule has 0 aromatic heterocycles. The Labute approximate surface area is 191 Å². The van der Waals surface area contributed by atoms with Gasteiger partial charge in [-0.05, 0) is 55.2 Å². The van der Waals surface area contributed by atoms with Gasteiger partial charge in [0, 0.05) is 55.3 Å². The normalized spacial score (nSPS) is 16.1. The topological polar surface area (TPSA) is 61.6 Å². The van der Waals surface area contributed by atoms with E-state index in [-0.39, 0.29) is 43.1 Å². The molecule has 1 saturated carbocycles. The monoisotopic (exact) mass is 458 g/mol. The van der Waals surface area contributed by atoms with Gasteiger partial charge in [0.1, 0.15) is 0 Å². The number of rotatable bonds is 5. The van der Waals surface area contributed by atoms with Crippen molar-refractivity contribution in [3.05, 3.63) is 54.1 Å². The van der Waals surface area contributed by atoms with Crippen LogP contribution in [0.1, 0.15) is 23.2 Å². The van der Waals surface area contributed by atoms with E-state index in [9.17, 15) is 4.79 Å². The van der Waals surface area contributed by atoms with Crippen molar-refractivity contribution in [3.8, 4) is 0 Å². The molecule has 0 spiro atoms. The van der Waals surface area contributed by atoms with Gasteiger partial charge in [0.25, 0.3) is 5.91 Å². The van der Waals surface area contributed by atoms with Gasteiger partial charge in [-0.2, -0.15) is 0 Å². The van der Waals surface area contributed by atoms with Crippen LogP contribution in [0.4, 0.5) is 17.1 Å². The van der Waals surface area contributed by atoms with Gasteiger partial charge in [-0.15, -0.1) is 37.2 Å². The molecular weight excluding hydrogens is 431 g/mol. The van der Waals surface area contributed by atoms with Crippen molar-refractivity contribution in [2.75, 3.05) is 48.7 Å². The number of anilines is 3. The number of hydrogen-bond acceptors (Lipinski definition) is 4. The lowest BCUT2D eigenvalue weighted by Crippen LogP contribution is -2.47. The fourth-order valence-electron chi connectivity index (χ4n) is 3.52. The Hall–Kier alpha value is -1.66. The fourth-order valence-corrected chi connectivity index (χ4v) is 3.52. The summed E-state index contributed by atoms with van der Waals surface area (Å²) in [5, 5.41) is 2.98. The van der Waals surface area contributed by atoms with Crippen LogP contribution < -0.4 is 16.0 Å². The van der Waals surface area contributed by atoms with Gasteiger partial charge in [0.15, 0.2) is 0 Å². The van der Waals surface area contributed by atoms with Gasteiger partial charge in [-0.25, -0.2) is 0 Å². The number of hydrogen-bond donors (Lipinski definition) is 2. The molecule has 1 saturated heterocycles. The molecule has 29 heavy (non-hydrogen) atoms. The van der Waals surface area contributed by atoms with Gasteiger partial charge >= 0.3 is 0 Å². The van der Waals surface area contributed by atoms with E-state index >= 15 is 0 Å². The number of nitrogens with zero attached hydrogens (tertiary/aromatic N) is 2. The van der Waals surface area contributed by atoms with Crippen molar-refractivity contribution in [2.24, 2.45) is 5.92 Å². The summed E-state index contributed by atoms with van der Waals surface area (Å²) >= 11 is 0. The summed E-state index contributed by atoms with van der Waals surface area (Å²) in [4.78, 5) is 17.4. The molecule has 0 unspecified atom stereocenters. The minimum absolute atomic E-state index is 0. The molecule has 1 aliphatic carbocycles. The van der Waals surface area contributed by atoms with Gasteiger partial charge in [0.2, 0.25) is 0 Å². The third kappa shape index (κ3) is 6.96. The number of nitrogens with one attached hydrogen (secondary N) is 1. The van der Waals surface area contributed by atoms with Gasteiger partial charge in [0.05, 0.1) is 0 Å². The predicted octanol–water partition coefficient (Wildman–Crippen LogP) is 4.32. The van der Waals surface area contributed by atoms with Crippen molar-refractivity contribution in [1.82, 2.24) is 4.90 Å². The van der Waals surface area contributed by atoms with Crippen LogP contribution in [-0.2, 0) is 0 Å². The number of benzene rings is 2. The summed E-state index contributed by atoms with van der Waals surface area (Å²) in [7, 11) is 0. The van der Waals surface area contributed by atoms with E-state index in [2.05, 4.69) is 27.2 Å². The minimum Gasteiger partial charge on any atom is -0.399 e. The molecular formula is C21H29Cl3N4O. The van der Waals surface area contributed by atoms with Crippen LogP contribution in [0.2, 0.25) is 0 Å². The van der Waals surface area contributed by atoms with Crippen molar-refractivity contribution >= 4 is 60.2 Å². The highest BCUT2D eigenvalue weighted by molar-refractivity contribution is 6.04. The van der Waals surface area contributed by atoms with Crippen LogP contribution in [-0.4, -0.2) is 43.5 Å². The Morgan fingerprint density at radius 2 is 1.66 bits per heavy atom. The maximum absolute atomic E-state index is 12.4. The van der Waals surface area contributed by atoms with E-state index in [1.54, 1.807) is 24.3 Å². The number of nitrogens with two attached hydrogens (primary N) is 1. The average Bonchev–Trinajstić information content (AvgIpc) is 3.47. The standard InChI is InChI=1S/C21H26N4O.3ClH/c22-18-4-1-3-17(13-18)21(26)23-19-5-2-6-20(14-19)25-11-9-24(10-12-25)15-16-7-8-16;;;/h1-6,13-14,16H,7-12,15,22H2,(H,23,26);3*1H. The highest BCUT2D eigenvalue weighted by Gasteiger charge is 2.26. The lowest BCUT2D eigenvalue weighted by molar-refractivity contribution is 0.102. The van der Waals surface area contributed by atoms with Crippen molar-refractivity contribution in [2.45, 2.75) is 12.8 Å². The second-order valence-corrected chi connectivity index (χ2v) is 7.36. The molecule has 0 radical (unpaired) electrons. The molecule has 1 amide bonds. The molecule has 3 N–H and O–H groups in total. The third-order valence-electron chi connectivity index (χ3n) is 5.20. The van der Waals surface area contributed by atoms with Crippen LogP contribution in [0.25, 0.3) is 0 Å². The van der Waals surface area contributed by atoms with E-state index in [0.717, 1.165) is 37.8 Å². The molecule has 1 heterocycles. The highest BCUT2D eigenvalue weighted by Crippen LogP contribution is 2.30. The molecule has 2 aromatic rings. The summed E-state index contributed by atoms with van der Waals surface area (Å²) in [6.45, 7) is 5.59. The lowest BCUT2D eigenvalue weighted by Gasteiger charge is -2.36. The van der Waals surface area contributed by atoms with E-state index < -0.39 is 0 Å². The van der Waals surface area contributed by atoms with Gasteiger partial charge in [-0.3, -0.25) is 9.69 Å². The smallest absolute Gasteiger partial charge is 0.255 e. The summed E-state index contributed by atoms with van der Waals surface area (Å²) in [6.07, 6.45) is 2.82. The van der Waals surface area contributed by atoms with Crippen LogP contribution >= 0.6 is 37.2 Å². The van der Waals surface area contributed by atoms with Crippen LogP contribution in [0.15, 0.2) is 48.5 Å². The zero-order valence-corrected chi connectivity index (χ0v) is 18.7. The zero-order valence-electron chi connectivity index (χ0n) is 16.3. The van der Waals surface area contributed by atoms with Crippen LogP contribution in [0.3, 0.4) is 0 Å². The molecule has 4 rings (SSSR count). The number of carbonyl (C=O) groups excluding carboxylic acids is 1. The molecule has 2 fully saturated rings. The van der Waals surface area contributed by atoms with E-state index in [0.29, 0.717) is 11.3 Å². The molecule has 2 aromatic carbocycles. The van der Waals surface area contributed by atoms with Crippen molar-refractivity contribution in [3.63, 3.8) is 0 Å². The second kappa shape index (κ2) is 11.5. The molecule has 0 atom stereocenters. The molecule has 2 aliphatic rings. The van der Waals surface area contributed by atoms with E-state index in [1.807, 2.05) is 12.1 Å². The van der Waals surface area contributed by atoms with E-state index in [1.165, 1.54) is 25.1 Å². The summed E-state index contributed by atoms with van der Waals surface area (Å²) in [6, 6.07) is 15.1. The Bertz CT molecular complexity index is 793. The van der Waals surface area contributed by atoms with Crippen molar-refractivity contribution in [1.29, 1.82) is 0 Å². The van der Waals surface area contributed by atoms with Crippen molar-refractivity contribution < 1.29 is 4.79 Å². The minimum atomic E-state index is -0.135.